The van der Waals surface area contributed by atoms with Gasteiger partial charge < -0.3 is 10.6 Å². The van der Waals surface area contributed by atoms with Crippen molar-refractivity contribution in [3.63, 3.8) is 0 Å². The summed E-state index contributed by atoms with van der Waals surface area (Å²) in [6.45, 7) is 1.32. The van der Waals surface area contributed by atoms with E-state index in [2.05, 4.69) is 10.6 Å². The summed E-state index contributed by atoms with van der Waals surface area (Å²) < 4.78 is 25.2. The van der Waals surface area contributed by atoms with Crippen molar-refractivity contribution in [1.29, 1.82) is 0 Å². The van der Waals surface area contributed by atoms with E-state index in [9.17, 15) is 18.0 Å². The Balaban J connectivity index is 2.00. The first-order valence-corrected chi connectivity index (χ1v) is 10.3. The second kappa shape index (κ2) is 9.29. The summed E-state index contributed by atoms with van der Waals surface area (Å²) in [7, 11) is -3.53. The van der Waals surface area contributed by atoms with Crippen molar-refractivity contribution in [1.82, 2.24) is 4.31 Å². The fourth-order valence-corrected chi connectivity index (χ4v) is 3.27. The molecule has 8 heteroatoms. The number of amides is 2. The highest BCUT2D eigenvalue weighted by molar-refractivity contribution is 7.88. The Bertz CT molecular complexity index is 898. The molecule has 0 aliphatic rings. The fraction of sp³-hybridized carbons (Fsp3) is 0.263. The summed E-state index contributed by atoms with van der Waals surface area (Å²) in [5.41, 5.74) is 2.02. The first-order chi connectivity index (χ1) is 12.7. The summed E-state index contributed by atoms with van der Waals surface area (Å²) in [4.78, 5) is 23.4. The van der Waals surface area contributed by atoms with Crippen LogP contribution in [0.3, 0.4) is 0 Å². The van der Waals surface area contributed by atoms with Crippen molar-refractivity contribution in [3.05, 3.63) is 60.2 Å². The summed E-state index contributed by atoms with van der Waals surface area (Å²) in [5, 5.41) is 5.29. The van der Waals surface area contributed by atoms with Crippen LogP contribution in [0.15, 0.2) is 54.6 Å². The minimum absolute atomic E-state index is 0.211. The van der Waals surface area contributed by atoms with Gasteiger partial charge in [-0.15, -0.1) is 0 Å². The molecule has 0 heterocycles. The third kappa shape index (κ3) is 7.20. The van der Waals surface area contributed by atoms with E-state index in [1.807, 2.05) is 30.3 Å². The molecule has 2 rings (SSSR count). The van der Waals surface area contributed by atoms with Crippen LogP contribution in [-0.4, -0.2) is 43.9 Å². The quantitative estimate of drug-likeness (QED) is 0.723. The highest BCUT2D eigenvalue weighted by Gasteiger charge is 2.20. The SMILES string of the molecule is CC(=O)Nc1cccc(NC(=O)CN(CCc2ccccc2)S(C)(=O)=O)c1. The minimum atomic E-state index is -3.53. The lowest BCUT2D eigenvalue weighted by molar-refractivity contribution is -0.116. The Morgan fingerprint density at radius 3 is 2.19 bits per heavy atom. The van der Waals surface area contributed by atoms with Gasteiger partial charge in [-0.2, -0.15) is 4.31 Å². The number of nitrogens with one attached hydrogen (secondary N) is 2. The molecule has 2 aromatic rings. The summed E-state index contributed by atoms with van der Waals surface area (Å²) in [6, 6.07) is 16.1. The van der Waals surface area contributed by atoms with Crippen LogP contribution < -0.4 is 10.6 Å². The minimum Gasteiger partial charge on any atom is -0.326 e. The second-order valence-electron chi connectivity index (χ2n) is 6.14. The highest BCUT2D eigenvalue weighted by atomic mass is 32.2. The molecule has 2 aromatic carbocycles. The molecule has 0 saturated carbocycles. The van der Waals surface area contributed by atoms with Gasteiger partial charge in [0.1, 0.15) is 0 Å². The molecule has 0 spiro atoms. The van der Waals surface area contributed by atoms with Crippen molar-refractivity contribution in [2.24, 2.45) is 0 Å². The van der Waals surface area contributed by atoms with E-state index in [4.69, 9.17) is 0 Å². The van der Waals surface area contributed by atoms with Gasteiger partial charge in [-0.3, -0.25) is 9.59 Å². The molecule has 2 amide bonds. The van der Waals surface area contributed by atoms with Crippen molar-refractivity contribution in [2.75, 3.05) is 30.0 Å². The normalized spacial score (nSPS) is 11.2. The van der Waals surface area contributed by atoms with Crippen LogP contribution >= 0.6 is 0 Å². The predicted molar refractivity (Wildman–Crippen MR) is 106 cm³/mol. The van der Waals surface area contributed by atoms with Gasteiger partial charge in [-0.05, 0) is 30.2 Å². The lowest BCUT2D eigenvalue weighted by Gasteiger charge is -2.19. The number of nitrogens with zero attached hydrogens (tertiary/aromatic N) is 1. The maximum absolute atomic E-state index is 12.3. The van der Waals surface area contributed by atoms with Crippen molar-refractivity contribution in [3.8, 4) is 0 Å². The first-order valence-electron chi connectivity index (χ1n) is 8.40. The molecule has 144 valence electrons. The summed E-state index contributed by atoms with van der Waals surface area (Å²) >= 11 is 0. The van der Waals surface area contributed by atoms with Gasteiger partial charge in [-0.1, -0.05) is 36.4 Å². The molecule has 0 bridgehead atoms. The van der Waals surface area contributed by atoms with E-state index >= 15 is 0 Å². The van der Waals surface area contributed by atoms with Gasteiger partial charge in [0.2, 0.25) is 21.8 Å². The Kier molecular flexibility index (Phi) is 7.09. The zero-order valence-corrected chi connectivity index (χ0v) is 16.1. The summed E-state index contributed by atoms with van der Waals surface area (Å²) in [6.07, 6.45) is 1.60. The lowest BCUT2D eigenvalue weighted by atomic mass is 10.1. The van der Waals surface area contributed by atoms with Crippen LogP contribution in [0, 0.1) is 0 Å². The topological polar surface area (TPSA) is 95.6 Å². The largest absolute Gasteiger partial charge is 0.326 e. The number of sulfonamides is 1. The molecule has 0 fully saturated rings. The maximum atomic E-state index is 12.3. The Hall–Kier alpha value is -2.71. The standard InChI is InChI=1S/C19H23N3O4S/c1-15(23)20-17-9-6-10-18(13-17)21-19(24)14-22(27(2,25)26)12-11-16-7-4-3-5-8-16/h3-10,13H,11-12,14H2,1-2H3,(H,20,23)(H,21,24). The zero-order valence-electron chi connectivity index (χ0n) is 15.3. The number of anilines is 2. The van der Waals surface area contributed by atoms with Crippen LogP contribution in [0.25, 0.3) is 0 Å². The third-order valence-electron chi connectivity index (χ3n) is 3.75. The number of rotatable bonds is 8. The van der Waals surface area contributed by atoms with E-state index in [0.29, 0.717) is 17.8 Å². The van der Waals surface area contributed by atoms with Crippen molar-refractivity contribution in [2.45, 2.75) is 13.3 Å². The Morgan fingerprint density at radius 1 is 0.963 bits per heavy atom. The molecule has 27 heavy (non-hydrogen) atoms. The number of benzene rings is 2. The molecule has 0 atom stereocenters. The van der Waals surface area contributed by atoms with Crippen LogP contribution in [0.2, 0.25) is 0 Å². The van der Waals surface area contributed by atoms with Crippen LogP contribution in [0.1, 0.15) is 12.5 Å². The van der Waals surface area contributed by atoms with Crippen molar-refractivity contribution < 1.29 is 18.0 Å². The van der Waals surface area contributed by atoms with Gasteiger partial charge in [0.15, 0.2) is 0 Å². The van der Waals surface area contributed by atoms with Crippen molar-refractivity contribution >= 4 is 33.2 Å². The molecule has 7 nitrogen and oxygen atoms in total. The van der Waals surface area contributed by atoms with E-state index in [1.54, 1.807) is 24.3 Å². The van der Waals surface area contributed by atoms with Crippen LogP contribution in [0.5, 0.6) is 0 Å². The third-order valence-corrected chi connectivity index (χ3v) is 5.00. The summed E-state index contributed by atoms with van der Waals surface area (Å²) in [5.74, 6) is -0.670. The Labute approximate surface area is 159 Å². The van der Waals surface area contributed by atoms with Gasteiger partial charge in [0.05, 0.1) is 12.8 Å². The fourth-order valence-electron chi connectivity index (χ4n) is 2.50. The molecule has 0 aliphatic heterocycles. The molecule has 2 N–H and O–H groups in total. The highest BCUT2D eigenvalue weighted by Crippen LogP contribution is 2.15. The van der Waals surface area contributed by atoms with E-state index < -0.39 is 15.9 Å². The lowest BCUT2D eigenvalue weighted by Crippen LogP contribution is -2.38. The average Bonchev–Trinajstić information content (AvgIpc) is 2.58. The molecular weight excluding hydrogens is 366 g/mol. The van der Waals surface area contributed by atoms with Gasteiger partial charge >= 0.3 is 0 Å². The van der Waals surface area contributed by atoms with Gasteiger partial charge in [0.25, 0.3) is 0 Å². The molecule has 0 aliphatic carbocycles. The van der Waals surface area contributed by atoms with Crippen LogP contribution in [0.4, 0.5) is 11.4 Å². The number of hydrogen-bond acceptors (Lipinski definition) is 4. The average molecular weight is 389 g/mol. The number of carbonyl (C=O) groups is 2. The second-order valence-corrected chi connectivity index (χ2v) is 8.12. The van der Waals surface area contributed by atoms with Gasteiger partial charge in [-0.25, -0.2) is 8.42 Å². The number of carbonyl (C=O) groups excluding carboxylic acids is 2. The van der Waals surface area contributed by atoms with E-state index in [0.717, 1.165) is 16.1 Å². The smallest absolute Gasteiger partial charge is 0.239 e. The molecule has 0 unspecified atom stereocenters. The zero-order chi connectivity index (χ0) is 19.9. The maximum Gasteiger partial charge on any atom is 0.239 e. The number of hydrogen-bond donors (Lipinski definition) is 2. The molecule has 0 radical (unpaired) electrons. The van der Waals surface area contributed by atoms with E-state index in [-0.39, 0.29) is 19.0 Å². The molecule has 0 aromatic heterocycles. The Morgan fingerprint density at radius 2 is 1.59 bits per heavy atom. The predicted octanol–water partition coefficient (Wildman–Crippen LogP) is 2.09. The monoisotopic (exact) mass is 389 g/mol. The molecular formula is C19H23N3O4S. The van der Waals surface area contributed by atoms with Crippen LogP contribution in [-0.2, 0) is 26.0 Å². The first kappa shape index (κ1) is 20.6. The van der Waals surface area contributed by atoms with E-state index in [1.165, 1.54) is 6.92 Å². The van der Waals surface area contributed by atoms with Gasteiger partial charge in [0, 0.05) is 24.8 Å². The molecule has 0 saturated heterocycles.